The third-order valence-electron chi connectivity index (χ3n) is 2.58. The van der Waals surface area contributed by atoms with E-state index in [1.807, 2.05) is 0 Å². The van der Waals surface area contributed by atoms with Crippen molar-refractivity contribution in [2.24, 2.45) is 0 Å². The van der Waals surface area contributed by atoms with E-state index >= 15 is 0 Å². The van der Waals surface area contributed by atoms with Crippen molar-refractivity contribution in [2.45, 2.75) is 6.92 Å². The Morgan fingerprint density at radius 1 is 1.27 bits per heavy atom. The Morgan fingerprint density at radius 3 is 2.27 bits per heavy atom. The molecule has 0 saturated carbocycles. The van der Waals surface area contributed by atoms with E-state index in [4.69, 9.17) is 15.5 Å². The standard InChI is InChI=1S/C14H12N2O5S/c1-2-16(13(19)22-14(20)21)11-5-3-9(4-6-11)7-10(8-15)12(17)18/h3-7H,2H2,1H3,(H,17,18)(H,20,21). The van der Waals surface area contributed by atoms with Gasteiger partial charge in [0.1, 0.15) is 11.6 Å². The first-order valence-corrected chi connectivity index (χ1v) is 6.88. The summed E-state index contributed by atoms with van der Waals surface area (Å²) >= 11 is 0.175. The lowest BCUT2D eigenvalue weighted by Gasteiger charge is -2.19. The number of hydrogen-bond acceptors (Lipinski definition) is 5. The molecule has 22 heavy (non-hydrogen) atoms. The smallest absolute Gasteiger partial charge is 0.374 e. The number of hydrogen-bond donors (Lipinski definition) is 2. The van der Waals surface area contributed by atoms with Gasteiger partial charge in [-0.05, 0) is 30.7 Å². The molecule has 0 aromatic heterocycles. The number of nitriles is 1. The maximum absolute atomic E-state index is 11.8. The molecule has 0 radical (unpaired) electrons. The highest BCUT2D eigenvalue weighted by molar-refractivity contribution is 8.25. The molecule has 114 valence electrons. The molecule has 1 rings (SSSR count). The summed E-state index contributed by atoms with van der Waals surface area (Å²) in [6.07, 6.45) is 1.20. The summed E-state index contributed by atoms with van der Waals surface area (Å²) in [5.41, 5.74) is 0.557. The molecule has 0 aliphatic heterocycles. The number of benzene rings is 1. The lowest BCUT2D eigenvalue weighted by Crippen LogP contribution is -2.27. The summed E-state index contributed by atoms with van der Waals surface area (Å²) in [7, 11) is 0. The lowest BCUT2D eigenvalue weighted by molar-refractivity contribution is -0.132. The average molecular weight is 320 g/mol. The zero-order chi connectivity index (χ0) is 16.7. The normalized spacial score (nSPS) is 10.6. The number of carboxylic acids is 1. The molecular weight excluding hydrogens is 308 g/mol. The van der Waals surface area contributed by atoms with Gasteiger partial charge in [-0.3, -0.25) is 4.79 Å². The second-order valence-electron chi connectivity index (χ2n) is 3.94. The van der Waals surface area contributed by atoms with Gasteiger partial charge in [-0.25, -0.2) is 9.59 Å². The van der Waals surface area contributed by atoms with Crippen LogP contribution in [0.15, 0.2) is 29.8 Å². The zero-order valence-electron chi connectivity index (χ0n) is 11.5. The number of aliphatic carboxylic acids is 1. The van der Waals surface area contributed by atoms with Crippen molar-refractivity contribution in [1.82, 2.24) is 0 Å². The van der Waals surface area contributed by atoms with Crippen LogP contribution in [0.4, 0.5) is 15.3 Å². The van der Waals surface area contributed by atoms with Crippen molar-refractivity contribution in [3.63, 3.8) is 0 Å². The van der Waals surface area contributed by atoms with Crippen LogP contribution < -0.4 is 4.90 Å². The van der Waals surface area contributed by atoms with Gasteiger partial charge in [0, 0.05) is 12.2 Å². The van der Waals surface area contributed by atoms with Crippen LogP contribution in [0.5, 0.6) is 0 Å². The first-order valence-electron chi connectivity index (χ1n) is 6.06. The van der Waals surface area contributed by atoms with Crippen LogP contribution in [0, 0.1) is 11.3 Å². The van der Waals surface area contributed by atoms with E-state index in [1.54, 1.807) is 25.1 Å². The van der Waals surface area contributed by atoms with E-state index in [2.05, 4.69) is 0 Å². The first-order chi connectivity index (χ1) is 10.4. The second kappa shape index (κ2) is 7.85. The van der Waals surface area contributed by atoms with Crippen molar-refractivity contribution in [2.75, 3.05) is 11.4 Å². The molecule has 0 spiro atoms. The molecule has 0 aliphatic carbocycles. The van der Waals surface area contributed by atoms with Gasteiger partial charge in [-0.1, -0.05) is 12.1 Å². The molecule has 1 aromatic carbocycles. The van der Waals surface area contributed by atoms with Gasteiger partial charge in [0.2, 0.25) is 0 Å². The lowest BCUT2D eigenvalue weighted by atomic mass is 10.1. The van der Waals surface area contributed by atoms with Gasteiger partial charge in [-0.2, -0.15) is 5.26 Å². The van der Waals surface area contributed by atoms with Gasteiger partial charge in [-0.15, -0.1) is 0 Å². The Balaban J connectivity index is 3.01. The minimum absolute atomic E-state index is 0.175. The van der Waals surface area contributed by atoms with E-state index < -0.39 is 22.1 Å². The molecule has 0 atom stereocenters. The fourth-order valence-electron chi connectivity index (χ4n) is 1.61. The van der Waals surface area contributed by atoms with Crippen molar-refractivity contribution in [3.8, 4) is 6.07 Å². The summed E-state index contributed by atoms with van der Waals surface area (Å²) in [6.45, 7) is 1.99. The van der Waals surface area contributed by atoms with Gasteiger partial charge in [0.25, 0.3) is 5.24 Å². The maximum atomic E-state index is 11.8. The quantitative estimate of drug-likeness (QED) is 0.646. The summed E-state index contributed by atoms with van der Waals surface area (Å²) in [4.78, 5) is 34.3. The number of nitrogens with zero attached hydrogens (tertiary/aromatic N) is 2. The highest BCUT2D eigenvalue weighted by Crippen LogP contribution is 2.21. The maximum Gasteiger partial charge on any atom is 0.374 e. The van der Waals surface area contributed by atoms with E-state index in [9.17, 15) is 14.4 Å². The van der Waals surface area contributed by atoms with E-state index in [-0.39, 0.29) is 18.3 Å². The molecule has 0 saturated heterocycles. The van der Waals surface area contributed by atoms with Crippen LogP contribution in [-0.4, -0.2) is 33.3 Å². The molecule has 7 nitrogen and oxygen atoms in total. The molecule has 2 N–H and O–H groups in total. The average Bonchev–Trinajstić information content (AvgIpc) is 2.45. The van der Waals surface area contributed by atoms with Gasteiger partial charge in [0.05, 0.1) is 11.8 Å². The Kier molecular flexibility index (Phi) is 6.16. The summed E-state index contributed by atoms with van der Waals surface area (Å²) in [5.74, 6) is -1.32. The molecule has 8 heteroatoms. The number of thioether (sulfide) groups is 1. The van der Waals surface area contributed by atoms with Gasteiger partial charge >= 0.3 is 11.3 Å². The van der Waals surface area contributed by atoms with Crippen LogP contribution in [0.1, 0.15) is 12.5 Å². The summed E-state index contributed by atoms with van der Waals surface area (Å²) in [6, 6.07) is 7.74. The molecule has 0 unspecified atom stereocenters. The zero-order valence-corrected chi connectivity index (χ0v) is 12.3. The Labute approximate surface area is 130 Å². The SMILES string of the molecule is CCN(C(=O)SC(=O)O)c1ccc(C=C(C#N)C(=O)O)cc1. The third kappa shape index (κ3) is 4.64. The Hall–Kier alpha value is -2.79. The van der Waals surface area contributed by atoms with Crippen molar-refractivity contribution >= 4 is 40.0 Å². The van der Waals surface area contributed by atoms with Crippen molar-refractivity contribution in [3.05, 3.63) is 35.4 Å². The fraction of sp³-hybridized carbons (Fsp3) is 0.143. The number of rotatable bonds is 4. The third-order valence-corrected chi connectivity index (χ3v) is 3.15. The summed E-state index contributed by atoms with van der Waals surface area (Å²) in [5, 5.41) is 24.2. The topological polar surface area (TPSA) is 119 Å². The fourth-order valence-corrected chi connectivity index (χ4v) is 2.10. The number of carbonyl (C=O) groups excluding carboxylic acids is 1. The first kappa shape index (κ1) is 17.3. The Bertz CT molecular complexity index is 661. The minimum atomic E-state index is -1.32. The summed E-state index contributed by atoms with van der Waals surface area (Å²) < 4.78 is 0. The Morgan fingerprint density at radius 2 is 1.86 bits per heavy atom. The van der Waals surface area contributed by atoms with Crippen molar-refractivity contribution < 1.29 is 24.6 Å². The highest BCUT2D eigenvalue weighted by atomic mass is 32.2. The van der Waals surface area contributed by atoms with Crippen LogP contribution in [0.3, 0.4) is 0 Å². The molecule has 1 aromatic rings. The number of anilines is 1. The monoisotopic (exact) mass is 320 g/mol. The van der Waals surface area contributed by atoms with E-state index in [1.165, 1.54) is 23.1 Å². The van der Waals surface area contributed by atoms with E-state index in [0.717, 1.165) is 0 Å². The van der Waals surface area contributed by atoms with Gasteiger partial charge < -0.3 is 15.1 Å². The van der Waals surface area contributed by atoms with Crippen molar-refractivity contribution in [1.29, 1.82) is 5.26 Å². The van der Waals surface area contributed by atoms with Crippen LogP contribution >= 0.6 is 11.8 Å². The minimum Gasteiger partial charge on any atom is -0.477 e. The van der Waals surface area contributed by atoms with Gasteiger partial charge in [0.15, 0.2) is 0 Å². The van der Waals surface area contributed by atoms with Crippen LogP contribution in [0.25, 0.3) is 6.08 Å². The number of amides is 1. The number of carboxylic acid groups (broad SMARTS) is 2. The molecule has 0 fully saturated rings. The molecule has 1 amide bonds. The van der Waals surface area contributed by atoms with Crippen LogP contribution in [-0.2, 0) is 4.79 Å². The number of carbonyl (C=O) groups is 3. The molecule has 0 aliphatic rings. The molecule has 0 bridgehead atoms. The van der Waals surface area contributed by atoms with E-state index in [0.29, 0.717) is 11.3 Å². The predicted molar refractivity (Wildman–Crippen MR) is 81.7 cm³/mol. The second-order valence-corrected chi connectivity index (χ2v) is 4.85. The molecule has 0 heterocycles. The largest absolute Gasteiger partial charge is 0.477 e. The van der Waals surface area contributed by atoms with Crippen LogP contribution in [0.2, 0.25) is 0 Å². The predicted octanol–water partition coefficient (Wildman–Crippen LogP) is 3.04. The highest BCUT2D eigenvalue weighted by Gasteiger charge is 2.18. The molecular formula is C14H12N2O5S.